The third kappa shape index (κ3) is 1.73. The van der Waals surface area contributed by atoms with Gasteiger partial charge in [0.25, 0.3) is 0 Å². The molecule has 1 saturated heterocycles. The Morgan fingerprint density at radius 3 is 2.81 bits per heavy atom. The van der Waals surface area contributed by atoms with E-state index in [0.29, 0.717) is 13.2 Å². The summed E-state index contributed by atoms with van der Waals surface area (Å²) in [4.78, 5) is 0. The highest BCUT2D eigenvalue weighted by Gasteiger charge is 2.18. The number of nitrogens with one attached hydrogen (secondary N) is 1. The van der Waals surface area contributed by atoms with Crippen molar-refractivity contribution in [1.29, 1.82) is 0 Å². The van der Waals surface area contributed by atoms with Gasteiger partial charge >= 0.3 is 0 Å². The molecule has 0 aliphatic carbocycles. The number of hydrogen-bond acceptors (Lipinski definition) is 3. The Balaban J connectivity index is 1.93. The van der Waals surface area contributed by atoms with Gasteiger partial charge in [0.05, 0.1) is 18.9 Å². The van der Waals surface area contributed by atoms with Gasteiger partial charge < -0.3 is 9.47 Å². The van der Waals surface area contributed by atoms with E-state index in [1.807, 2.05) is 24.3 Å². The molecule has 0 saturated carbocycles. The summed E-state index contributed by atoms with van der Waals surface area (Å²) >= 11 is 0. The molecule has 0 unspecified atom stereocenters. The summed E-state index contributed by atoms with van der Waals surface area (Å²) in [6.07, 6.45) is 1.52. The van der Waals surface area contributed by atoms with Gasteiger partial charge in [0, 0.05) is 11.8 Å². The van der Waals surface area contributed by atoms with E-state index in [1.165, 1.54) is 0 Å². The van der Waals surface area contributed by atoms with E-state index in [-0.39, 0.29) is 6.29 Å². The lowest BCUT2D eigenvalue weighted by Crippen LogP contribution is -1.97. The van der Waals surface area contributed by atoms with Crippen LogP contribution in [0.1, 0.15) is 11.9 Å². The van der Waals surface area contributed by atoms with Gasteiger partial charge in [-0.3, -0.25) is 5.10 Å². The molecule has 0 spiro atoms. The predicted octanol–water partition coefficient (Wildman–Crippen LogP) is 2.12. The van der Waals surface area contributed by atoms with Crippen LogP contribution in [0.5, 0.6) is 0 Å². The second-order valence-electron chi connectivity index (χ2n) is 3.67. The molecule has 82 valence electrons. The van der Waals surface area contributed by atoms with E-state index in [9.17, 15) is 0 Å². The van der Waals surface area contributed by atoms with Gasteiger partial charge in [0.2, 0.25) is 0 Å². The Labute approximate surface area is 93.2 Å². The number of hydrogen-bond donors (Lipinski definition) is 1. The zero-order valence-corrected chi connectivity index (χ0v) is 8.72. The molecule has 2 heterocycles. The van der Waals surface area contributed by atoms with Crippen molar-refractivity contribution in [3.05, 3.63) is 42.1 Å². The van der Waals surface area contributed by atoms with Crippen molar-refractivity contribution in [3.8, 4) is 11.3 Å². The van der Waals surface area contributed by atoms with E-state index >= 15 is 0 Å². The molecule has 2 aromatic rings. The van der Waals surface area contributed by atoms with Crippen LogP contribution in [0.15, 0.2) is 36.5 Å². The first-order valence-electron chi connectivity index (χ1n) is 5.26. The van der Waals surface area contributed by atoms with Crippen LogP contribution >= 0.6 is 0 Å². The van der Waals surface area contributed by atoms with E-state index in [4.69, 9.17) is 9.47 Å². The molecule has 0 bridgehead atoms. The fourth-order valence-corrected chi connectivity index (χ4v) is 1.82. The van der Waals surface area contributed by atoms with Crippen LogP contribution < -0.4 is 0 Å². The number of rotatable bonds is 2. The topological polar surface area (TPSA) is 47.1 Å². The minimum atomic E-state index is -0.220. The summed E-state index contributed by atoms with van der Waals surface area (Å²) in [5.41, 5.74) is 3.14. The second-order valence-corrected chi connectivity index (χ2v) is 3.67. The van der Waals surface area contributed by atoms with E-state index < -0.39 is 0 Å². The molecule has 4 nitrogen and oxygen atoms in total. The van der Waals surface area contributed by atoms with E-state index in [1.54, 1.807) is 6.20 Å². The number of nitrogens with zero attached hydrogens (tertiary/aromatic N) is 1. The summed E-state index contributed by atoms with van der Waals surface area (Å²) in [7, 11) is 0. The monoisotopic (exact) mass is 216 g/mol. The van der Waals surface area contributed by atoms with Gasteiger partial charge in [0.15, 0.2) is 6.29 Å². The second kappa shape index (κ2) is 4.08. The Kier molecular flexibility index (Phi) is 2.44. The van der Waals surface area contributed by atoms with Gasteiger partial charge in [-0.1, -0.05) is 18.2 Å². The summed E-state index contributed by atoms with van der Waals surface area (Å²) in [6.45, 7) is 1.33. The average Bonchev–Trinajstić information content (AvgIpc) is 3.03. The smallest absolute Gasteiger partial charge is 0.184 e. The van der Waals surface area contributed by atoms with Crippen molar-refractivity contribution in [2.45, 2.75) is 6.29 Å². The molecule has 1 aromatic carbocycles. The molecule has 16 heavy (non-hydrogen) atoms. The summed E-state index contributed by atoms with van der Waals surface area (Å²) in [6, 6.07) is 10.0. The third-order valence-corrected chi connectivity index (χ3v) is 2.59. The molecule has 1 fully saturated rings. The lowest BCUT2D eigenvalue weighted by Gasteiger charge is -2.10. The van der Waals surface area contributed by atoms with Crippen molar-refractivity contribution in [1.82, 2.24) is 10.2 Å². The predicted molar refractivity (Wildman–Crippen MR) is 58.7 cm³/mol. The van der Waals surface area contributed by atoms with Crippen molar-refractivity contribution in [2.75, 3.05) is 13.2 Å². The van der Waals surface area contributed by atoms with E-state index in [0.717, 1.165) is 16.8 Å². The van der Waals surface area contributed by atoms with Gasteiger partial charge in [-0.05, 0) is 17.7 Å². The fraction of sp³-hybridized carbons (Fsp3) is 0.250. The maximum Gasteiger partial charge on any atom is 0.184 e. The largest absolute Gasteiger partial charge is 0.346 e. The van der Waals surface area contributed by atoms with Crippen LogP contribution in [0, 0.1) is 0 Å². The van der Waals surface area contributed by atoms with Crippen LogP contribution in [-0.4, -0.2) is 23.4 Å². The first-order chi connectivity index (χ1) is 7.93. The number of benzene rings is 1. The molecular formula is C12H12N2O2. The molecule has 1 N–H and O–H groups in total. The van der Waals surface area contributed by atoms with E-state index in [2.05, 4.69) is 16.3 Å². The van der Waals surface area contributed by atoms with Gasteiger partial charge in [-0.15, -0.1) is 0 Å². The summed E-state index contributed by atoms with van der Waals surface area (Å²) in [5, 5.41) is 6.88. The van der Waals surface area contributed by atoms with Crippen molar-refractivity contribution in [2.24, 2.45) is 0 Å². The van der Waals surface area contributed by atoms with Gasteiger partial charge in [-0.25, -0.2) is 0 Å². The lowest BCUT2D eigenvalue weighted by atomic mass is 10.1. The van der Waals surface area contributed by atoms with Gasteiger partial charge in [-0.2, -0.15) is 5.10 Å². The first kappa shape index (κ1) is 9.57. The zero-order chi connectivity index (χ0) is 10.8. The van der Waals surface area contributed by atoms with Crippen molar-refractivity contribution in [3.63, 3.8) is 0 Å². The van der Waals surface area contributed by atoms with Crippen LogP contribution in [-0.2, 0) is 9.47 Å². The quantitative estimate of drug-likeness (QED) is 0.836. The Bertz CT molecular complexity index is 462. The molecule has 3 rings (SSSR count). The number of aromatic nitrogens is 2. The molecule has 0 radical (unpaired) electrons. The Hall–Kier alpha value is -1.65. The molecule has 4 heteroatoms. The highest BCUT2D eigenvalue weighted by Crippen LogP contribution is 2.26. The molecule has 0 amide bonds. The SMILES string of the molecule is c1cc(-c2ccn[nH]2)cc(C2OCCO2)c1. The zero-order valence-electron chi connectivity index (χ0n) is 8.72. The molecule has 1 aromatic heterocycles. The molecular weight excluding hydrogens is 204 g/mol. The number of H-pyrrole nitrogens is 1. The Morgan fingerprint density at radius 1 is 1.19 bits per heavy atom. The van der Waals surface area contributed by atoms with Crippen LogP contribution in [0.3, 0.4) is 0 Å². The van der Waals surface area contributed by atoms with Crippen molar-refractivity contribution < 1.29 is 9.47 Å². The minimum absolute atomic E-state index is 0.220. The van der Waals surface area contributed by atoms with Crippen LogP contribution in [0.4, 0.5) is 0 Å². The minimum Gasteiger partial charge on any atom is -0.346 e. The molecule has 1 aliphatic rings. The van der Waals surface area contributed by atoms with Crippen LogP contribution in [0.2, 0.25) is 0 Å². The summed E-state index contributed by atoms with van der Waals surface area (Å²) in [5.74, 6) is 0. The lowest BCUT2D eigenvalue weighted by molar-refractivity contribution is -0.0440. The Morgan fingerprint density at radius 2 is 2.06 bits per heavy atom. The maximum absolute atomic E-state index is 5.46. The third-order valence-electron chi connectivity index (χ3n) is 2.59. The molecule has 0 atom stereocenters. The fourth-order valence-electron chi connectivity index (χ4n) is 1.82. The van der Waals surface area contributed by atoms with Crippen molar-refractivity contribution >= 4 is 0 Å². The number of aromatic amines is 1. The van der Waals surface area contributed by atoms with Crippen LogP contribution in [0.25, 0.3) is 11.3 Å². The van der Waals surface area contributed by atoms with Gasteiger partial charge in [0.1, 0.15) is 0 Å². The standard InChI is InChI=1S/C12H12N2O2/c1-2-9(11-4-5-13-14-11)8-10(3-1)12-15-6-7-16-12/h1-5,8,12H,6-7H2,(H,13,14). The highest BCUT2D eigenvalue weighted by atomic mass is 16.7. The first-order valence-corrected chi connectivity index (χ1v) is 5.26. The average molecular weight is 216 g/mol. The summed E-state index contributed by atoms with van der Waals surface area (Å²) < 4.78 is 10.9. The maximum atomic E-state index is 5.46. The number of ether oxygens (including phenoxy) is 2. The molecule has 1 aliphatic heterocycles. The normalized spacial score (nSPS) is 16.8. The highest BCUT2D eigenvalue weighted by molar-refractivity contribution is 5.59.